The predicted molar refractivity (Wildman–Crippen MR) is 121 cm³/mol. The zero-order valence-corrected chi connectivity index (χ0v) is 18.8. The van der Waals surface area contributed by atoms with E-state index in [1.54, 1.807) is 0 Å². The zero-order chi connectivity index (χ0) is 20.4. The molecule has 6 heteroatoms. The molecular weight excluding hydrogens is 398 g/mol. The van der Waals surface area contributed by atoms with Crippen LogP contribution in [0.25, 0.3) is 0 Å². The van der Waals surface area contributed by atoms with Crippen LogP contribution in [0.15, 0.2) is 24.3 Å². The van der Waals surface area contributed by atoms with Gasteiger partial charge in [-0.2, -0.15) is 0 Å². The topological polar surface area (TPSA) is 75.4 Å². The highest BCUT2D eigenvalue weighted by Gasteiger charge is 2.42. The molecule has 1 aromatic rings. The lowest BCUT2D eigenvalue weighted by molar-refractivity contribution is -0.141. The Morgan fingerprint density at radius 3 is 2.20 bits per heavy atom. The molecule has 2 unspecified atom stereocenters. The first-order chi connectivity index (χ1) is 14.0. The third kappa shape index (κ3) is 5.17. The third-order valence-electron chi connectivity index (χ3n) is 7.53. The van der Waals surface area contributed by atoms with Crippen LogP contribution in [0.2, 0.25) is 0 Å². The van der Waals surface area contributed by atoms with Crippen molar-refractivity contribution < 1.29 is 9.59 Å². The number of amides is 2. The number of fused-ring (bicyclic) bond motifs is 2. The summed E-state index contributed by atoms with van der Waals surface area (Å²) in [6.45, 7) is 4.05. The average Bonchev–Trinajstić information content (AvgIpc) is 2.72. The van der Waals surface area contributed by atoms with E-state index in [0.717, 1.165) is 31.2 Å². The minimum Gasteiger partial charge on any atom is -0.352 e. The summed E-state index contributed by atoms with van der Waals surface area (Å²) in [7, 11) is 0. The van der Waals surface area contributed by atoms with Crippen LogP contribution in [-0.2, 0) is 16.1 Å². The Hall–Kier alpha value is -1.59. The summed E-state index contributed by atoms with van der Waals surface area (Å²) in [6.07, 6.45) is 7.11. The molecule has 4 rings (SSSR count). The van der Waals surface area contributed by atoms with Gasteiger partial charge in [0.15, 0.2) is 0 Å². The van der Waals surface area contributed by atoms with E-state index in [1.165, 1.54) is 24.8 Å². The lowest BCUT2D eigenvalue weighted by atomic mass is 9.65. The van der Waals surface area contributed by atoms with Crippen LogP contribution >= 0.6 is 12.4 Å². The fourth-order valence-corrected chi connectivity index (χ4v) is 5.65. The van der Waals surface area contributed by atoms with E-state index in [2.05, 4.69) is 36.5 Å². The molecule has 0 spiro atoms. The highest BCUT2D eigenvalue weighted by molar-refractivity contribution is 5.85. The molecule has 3 fully saturated rings. The van der Waals surface area contributed by atoms with E-state index in [0.29, 0.717) is 43.4 Å². The Kier molecular flexibility index (Phi) is 7.81. The van der Waals surface area contributed by atoms with Crippen molar-refractivity contribution in [3.8, 4) is 0 Å². The number of rotatable bonds is 4. The van der Waals surface area contributed by atoms with Gasteiger partial charge in [0.2, 0.25) is 11.8 Å². The van der Waals surface area contributed by atoms with Gasteiger partial charge in [0.05, 0.1) is 0 Å². The summed E-state index contributed by atoms with van der Waals surface area (Å²) in [4.78, 5) is 27.7. The summed E-state index contributed by atoms with van der Waals surface area (Å²) in [5.41, 5.74) is 8.73. The number of nitrogens with zero attached hydrogens (tertiary/aromatic N) is 1. The van der Waals surface area contributed by atoms with Gasteiger partial charge in [-0.15, -0.1) is 12.4 Å². The third-order valence-corrected chi connectivity index (χ3v) is 7.53. The van der Waals surface area contributed by atoms with E-state index < -0.39 is 0 Å². The number of piperidine rings is 1. The van der Waals surface area contributed by atoms with Crippen molar-refractivity contribution in [2.24, 2.45) is 29.4 Å². The number of nitrogens with one attached hydrogen (secondary N) is 1. The fourth-order valence-electron chi connectivity index (χ4n) is 5.65. The molecule has 2 bridgehead atoms. The van der Waals surface area contributed by atoms with Gasteiger partial charge in [-0.3, -0.25) is 9.59 Å². The van der Waals surface area contributed by atoms with Crippen molar-refractivity contribution >= 4 is 24.2 Å². The smallest absolute Gasteiger partial charge is 0.225 e. The molecule has 2 saturated carbocycles. The van der Waals surface area contributed by atoms with Gasteiger partial charge in [0.25, 0.3) is 0 Å². The van der Waals surface area contributed by atoms with E-state index in [-0.39, 0.29) is 30.2 Å². The first-order valence-electron chi connectivity index (χ1n) is 11.4. The second kappa shape index (κ2) is 10.1. The SMILES string of the molecule is Cc1ccc(CNC(=O)C2CCN(C(=O)C3CC4CCCC(C3)C4N)CC2)cc1.Cl. The van der Waals surface area contributed by atoms with Crippen LogP contribution < -0.4 is 11.1 Å². The average molecular weight is 434 g/mol. The molecule has 0 aromatic heterocycles. The highest BCUT2D eigenvalue weighted by atomic mass is 35.5. The molecule has 5 nitrogen and oxygen atoms in total. The number of likely N-dealkylation sites (tertiary alicyclic amines) is 1. The lowest BCUT2D eigenvalue weighted by Crippen LogP contribution is -2.51. The second-order valence-corrected chi connectivity index (χ2v) is 9.50. The fraction of sp³-hybridized carbons (Fsp3) is 0.667. The Balaban J connectivity index is 0.00000256. The monoisotopic (exact) mass is 433 g/mol. The van der Waals surface area contributed by atoms with Crippen molar-refractivity contribution in [3.63, 3.8) is 0 Å². The largest absolute Gasteiger partial charge is 0.352 e. The molecule has 3 N–H and O–H groups in total. The summed E-state index contributed by atoms with van der Waals surface area (Å²) < 4.78 is 0. The highest BCUT2D eigenvalue weighted by Crippen LogP contribution is 2.42. The maximum Gasteiger partial charge on any atom is 0.225 e. The number of hydrogen-bond acceptors (Lipinski definition) is 3. The van der Waals surface area contributed by atoms with Crippen LogP contribution in [0.4, 0.5) is 0 Å². The molecule has 2 atom stereocenters. The Morgan fingerprint density at radius 1 is 1.00 bits per heavy atom. The zero-order valence-electron chi connectivity index (χ0n) is 18.0. The number of aryl methyl sites for hydroxylation is 1. The van der Waals surface area contributed by atoms with E-state index >= 15 is 0 Å². The van der Waals surface area contributed by atoms with E-state index in [9.17, 15) is 9.59 Å². The molecule has 2 aliphatic carbocycles. The predicted octanol–water partition coefficient (Wildman–Crippen LogP) is 3.43. The first kappa shape index (κ1) is 23.1. The second-order valence-electron chi connectivity index (χ2n) is 9.50. The van der Waals surface area contributed by atoms with Gasteiger partial charge in [0, 0.05) is 37.5 Å². The van der Waals surface area contributed by atoms with Gasteiger partial charge in [0.1, 0.15) is 0 Å². The number of benzene rings is 1. The molecule has 30 heavy (non-hydrogen) atoms. The summed E-state index contributed by atoms with van der Waals surface area (Å²) >= 11 is 0. The molecule has 3 aliphatic rings. The van der Waals surface area contributed by atoms with Crippen LogP contribution in [0.1, 0.15) is 56.1 Å². The van der Waals surface area contributed by atoms with Crippen LogP contribution in [0.3, 0.4) is 0 Å². The molecule has 1 aromatic carbocycles. The molecular formula is C24H36ClN3O2. The summed E-state index contributed by atoms with van der Waals surface area (Å²) in [5, 5.41) is 3.07. The Bertz CT molecular complexity index is 716. The van der Waals surface area contributed by atoms with E-state index in [4.69, 9.17) is 5.73 Å². The first-order valence-corrected chi connectivity index (χ1v) is 11.4. The van der Waals surface area contributed by atoms with Gasteiger partial charge >= 0.3 is 0 Å². The van der Waals surface area contributed by atoms with Crippen LogP contribution in [-0.4, -0.2) is 35.8 Å². The molecule has 1 aliphatic heterocycles. The molecule has 2 amide bonds. The number of hydrogen-bond donors (Lipinski definition) is 2. The lowest BCUT2D eigenvalue weighted by Gasteiger charge is -2.45. The van der Waals surface area contributed by atoms with E-state index in [1.807, 2.05) is 4.90 Å². The molecule has 1 saturated heterocycles. The Labute approximate surface area is 186 Å². The van der Waals surface area contributed by atoms with Crippen molar-refractivity contribution in [2.75, 3.05) is 13.1 Å². The Morgan fingerprint density at radius 2 is 1.60 bits per heavy atom. The standard InChI is InChI=1S/C24H35N3O2.ClH/c1-16-5-7-17(8-6-16)15-26-23(28)18-9-11-27(12-10-18)24(29)21-13-19-3-2-4-20(14-21)22(19)25;/h5-8,18-22H,2-4,9-15,25H2,1H3,(H,26,28);1H. The maximum atomic E-state index is 13.1. The van der Waals surface area contributed by atoms with Gasteiger partial charge in [-0.05, 0) is 62.8 Å². The minimum absolute atomic E-state index is 0. The van der Waals surface area contributed by atoms with Crippen LogP contribution in [0.5, 0.6) is 0 Å². The number of halogens is 1. The van der Waals surface area contributed by atoms with Gasteiger partial charge in [-0.1, -0.05) is 36.2 Å². The quantitative estimate of drug-likeness (QED) is 0.763. The maximum absolute atomic E-state index is 13.1. The summed E-state index contributed by atoms with van der Waals surface area (Å²) in [6, 6.07) is 8.55. The van der Waals surface area contributed by atoms with Crippen molar-refractivity contribution in [3.05, 3.63) is 35.4 Å². The number of carbonyl (C=O) groups excluding carboxylic acids is 2. The van der Waals surface area contributed by atoms with Crippen molar-refractivity contribution in [2.45, 2.75) is 64.5 Å². The number of nitrogens with two attached hydrogens (primary N) is 1. The van der Waals surface area contributed by atoms with Crippen molar-refractivity contribution in [1.29, 1.82) is 0 Å². The normalized spacial score (nSPS) is 29.1. The summed E-state index contributed by atoms with van der Waals surface area (Å²) in [5.74, 6) is 1.66. The molecule has 166 valence electrons. The van der Waals surface area contributed by atoms with Gasteiger partial charge < -0.3 is 16.0 Å². The molecule has 1 heterocycles. The van der Waals surface area contributed by atoms with Gasteiger partial charge in [-0.25, -0.2) is 0 Å². The number of carbonyl (C=O) groups is 2. The van der Waals surface area contributed by atoms with Crippen molar-refractivity contribution in [1.82, 2.24) is 10.2 Å². The minimum atomic E-state index is 0. The van der Waals surface area contributed by atoms with Crippen LogP contribution in [0, 0.1) is 30.6 Å². The molecule has 0 radical (unpaired) electrons.